The van der Waals surface area contributed by atoms with Crippen LogP contribution in [0.4, 0.5) is 34.1 Å². The molecule has 0 aliphatic heterocycles. The Bertz CT molecular complexity index is 2010. The van der Waals surface area contributed by atoms with E-state index in [0.29, 0.717) is 0 Å². The molecule has 0 radical (unpaired) electrons. The largest absolute Gasteiger partial charge is 0.310 e. The van der Waals surface area contributed by atoms with Gasteiger partial charge in [-0.1, -0.05) is 164 Å². The van der Waals surface area contributed by atoms with Crippen molar-refractivity contribution in [3.63, 3.8) is 0 Å². The smallest absolute Gasteiger partial charge is 0.0465 e. The van der Waals surface area contributed by atoms with E-state index in [2.05, 4.69) is 183 Å². The summed E-state index contributed by atoms with van der Waals surface area (Å²) in [5, 5.41) is 0. The Morgan fingerprint density at radius 1 is 0.351 bits per heavy atom. The van der Waals surface area contributed by atoms with E-state index >= 15 is 0 Å². The molecule has 0 spiro atoms. The molecule has 1 aliphatic carbocycles. The van der Waals surface area contributed by atoms with Gasteiger partial charge in [-0.05, 0) is 133 Å². The van der Waals surface area contributed by atoms with Crippen molar-refractivity contribution >= 4 is 34.1 Å². The van der Waals surface area contributed by atoms with Crippen LogP contribution in [0.15, 0.2) is 146 Å². The van der Waals surface area contributed by atoms with Crippen molar-refractivity contribution in [1.82, 2.24) is 0 Å². The summed E-state index contributed by atoms with van der Waals surface area (Å²) < 4.78 is 0. The van der Waals surface area contributed by atoms with Gasteiger partial charge in [0, 0.05) is 39.5 Å². The van der Waals surface area contributed by atoms with Gasteiger partial charge in [0.2, 0.25) is 0 Å². The molecule has 0 bridgehead atoms. The Morgan fingerprint density at radius 2 is 0.719 bits per heavy atom. The molecule has 7 rings (SSSR count). The summed E-state index contributed by atoms with van der Waals surface area (Å²) in [6.45, 7) is 9.04. The average Bonchev–Trinajstić information content (AvgIpc) is 3.49. The molecular formula is C55H64N2. The number of hydrogen-bond acceptors (Lipinski definition) is 2. The number of anilines is 6. The summed E-state index contributed by atoms with van der Waals surface area (Å²) in [5.74, 6) is 0. The molecule has 294 valence electrons. The predicted octanol–water partition coefficient (Wildman–Crippen LogP) is 17.0. The van der Waals surface area contributed by atoms with Crippen LogP contribution in [-0.2, 0) is 5.41 Å². The third kappa shape index (κ3) is 9.23. The SMILES string of the molecule is CCCCCCCCC1(CCCCCCCC)c2cc(N(c3ccccc3)c3cccc(C)c3)ccc2-c2ccc(N(c3ccccc3)c3cccc(C)c3)cc21. The van der Waals surface area contributed by atoms with Crippen LogP contribution < -0.4 is 9.80 Å². The van der Waals surface area contributed by atoms with Gasteiger partial charge in [-0.15, -0.1) is 0 Å². The Balaban J connectivity index is 1.39. The van der Waals surface area contributed by atoms with Crippen molar-refractivity contribution in [3.8, 4) is 11.1 Å². The molecule has 57 heavy (non-hydrogen) atoms. The van der Waals surface area contributed by atoms with Gasteiger partial charge in [-0.3, -0.25) is 0 Å². The summed E-state index contributed by atoms with van der Waals surface area (Å²) in [6, 6.07) is 54.7. The Labute approximate surface area is 344 Å². The number of benzene rings is 6. The lowest BCUT2D eigenvalue weighted by Crippen LogP contribution is -2.26. The third-order valence-corrected chi connectivity index (χ3v) is 12.3. The summed E-state index contributed by atoms with van der Waals surface area (Å²) >= 11 is 0. The van der Waals surface area contributed by atoms with E-state index in [1.54, 1.807) is 0 Å². The fourth-order valence-electron chi connectivity index (χ4n) is 9.41. The Hall–Kier alpha value is -5.08. The first-order valence-corrected chi connectivity index (χ1v) is 22.2. The lowest BCUT2D eigenvalue weighted by Gasteiger charge is -2.35. The second-order valence-electron chi connectivity index (χ2n) is 16.6. The minimum atomic E-state index is -0.0733. The van der Waals surface area contributed by atoms with Crippen molar-refractivity contribution in [1.29, 1.82) is 0 Å². The number of unbranched alkanes of at least 4 members (excludes halogenated alkanes) is 10. The molecule has 0 amide bonds. The highest BCUT2D eigenvalue weighted by Gasteiger charge is 2.43. The van der Waals surface area contributed by atoms with Crippen molar-refractivity contribution in [3.05, 3.63) is 168 Å². The molecule has 0 fully saturated rings. The molecule has 0 unspecified atom stereocenters. The van der Waals surface area contributed by atoms with Gasteiger partial charge in [-0.2, -0.15) is 0 Å². The van der Waals surface area contributed by atoms with Crippen LogP contribution in [0.2, 0.25) is 0 Å². The molecule has 2 nitrogen and oxygen atoms in total. The van der Waals surface area contributed by atoms with Crippen LogP contribution in [-0.4, -0.2) is 0 Å². The average molecular weight is 753 g/mol. The van der Waals surface area contributed by atoms with Crippen molar-refractivity contribution in [2.24, 2.45) is 0 Å². The maximum absolute atomic E-state index is 2.59. The lowest BCUT2D eigenvalue weighted by atomic mass is 9.70. The predicted molar refractivity (Wildman–Crippen MR) is 247 cm³/mol. The van der Waals surface area contributed by atoms with E-state index in [-0.39, 0.29) is 5.41 Å². The van der Waals surface area contributed by atoms with Crippen LogP contribution in [0.3, 0.4) is 0 Å². The second kappa shape index (κ2) is 19.4. The van der Waals surface area contributed by atoms with Gasteiger partial charge < -0.3 is 9.80 Å². The zero-order chi connectivity index (χ0) is 39.5. The quantitative estimate of drug-likeness (QED) is 0.0717. The summed E-state index contributed by atoms with van der Waals surface area (Å²) in [7, 11) is 0. The Kier molecular flexibility index (Phi) is 13.6. The molecule has 0 saturated heterocycles. The van der Waals surface area contributed by atoms with Crippen molar-refractivity contribution in [2.75, 3.05) is 9.80 Å². The van der Waals surface area contributed by atoms with E-state index in [4.69, 9.17) is 0 Å². The lowest BCUT2D eigenvalue weighted by molar-refractivity contribution is 0.398. The number of aryl methyl sites for hydroxylation is 2. The van der Waals surface area contributed by atoms with Crippen LogP contribution in [0.1, 0.15) is 126 Å². The van der Waals surface area contributed by atoms with E-state index in [0.717, 1.165) is 0 Å². The summed E-state index contributed by atoms with van der Waals surface area (Å²) in [6.07, 6.45) is 18.0. The third-order valence-electron chi connectivity index (χ3n) is 12.3. The van der Waals surface area contributed by atoms with Gasteiger partial charge in [0.15, 0.2) is 0 Å². The highest BCUT2D eigenvalue weighted by molar-refractivity contribution is 5.88. The number of fused-ring (bicyclic) bond motifs is 3. The molecule has 0 aromatic heterocycles. The Morgan fingerprint density at radius 3 is 1.12 bits per heavy atom. The first-order chi connectivity index (χ1) is 28.0. The highest BCUT2D eigenvalue weighted by atomic mass is 15.1. The summed E-state index contributed by atoms with van der Waals surface area (Å²) in [4.78, 5) is 4.94. The summed E-state index contributed by atoms with van der Waals surface area (Å²) in [5.41, 5.74) is 15.6. The number of nitrogens with zero attached hydrogens (tertiary/aromatic N) is 2. The number of para-hydroxylation sites is 2. The topological polar surface area (TPSA) is 6.48 Å². The first kappa shape index (κ1) is 40.1. The van der Waals surface area contributed by atoms with Crippen LogP contribution in [0.5, 0.6) is 0 Å². The normalized spacial score (nSPS) is 12.6. The van der Waals surface area contributed by atoms with E-state index in [9.17, 15) is 0 Å². The van der Waals surface area contributed by atoms with E-state index < -0.39 is 0 Å². The van der Waals surface area contributed by atoms with Crippen molar-refractivity contribution < 1.29 is 0 Å². The minimum Gasteiger partial charge on any atom is -0.310 e. The molecule has 0 atom stereocenters. The van der Waals surface area contributed by atoms with Gasteiger partial charge in [0.05, 0.1) is 0 Å². The molecule has 1 aliphatic rings. The molecule has 0 N–H and O–H groups in total. The molecule has 0 saturated carbocycles. The number of rotatable bonds is 20. The van der Waals surface area contributed by atoms with Gasteiger partial charge in [-0.25, -0.2) is 0 Å². The van der Waals surface area contributed by atoms with E-state index in [1.807, 2.05) is 0 Å². The van der Waals surface area contributed by atoms with Gasteiger partial charge in [0.1, 0.15) is 0 Å². The highest BCUT2D eigenvalue weighted by Crippen LogP contribution is 2.57. The van der Waals surface area contributed by atoms with Gasteiger partial charge >= 0.3 is 0 Å². The fourth-order valence-corrected chi connectivity index (χ4v) is 9.41. The monoisotopic (exact) mass is 753 g/mol. The molecule has 6 aromatic carbocycles. The van der Waals surface area contributed by atoms with Crippen LogP contribution in [0.25, 0.3) is 11.1 Å². The van der Waals surface area contributed by atoms with Crippen LogP contribution in [0, 0.1) is 13.8 Å². The fraction of sp³-hybridized carbons (Fsp3) is 0.345. The standard InChI is InChI=1S/C55H64N2/c1-5-7-9-11-13-21-37-55(38-22-14-12-10-8-6-2)53-41-49(56(45-27-17-15-18-28-45)47-31-23-25-43(3)39-47)33-35-51(53)52-36-34-50(42-54(52)55)57(46-29-19-16-20-30-46)48-32-24-26-44(4)40-48/h15-20,23-36,39-42H,5-14,21-22,37-38H2,1-4H3. The second-order valence-corrected chi connectivity index (χ2v) is 16.6. The molecular weight excluding hydrogens is 689 g/mol. The zero-order valence-electron chi connectivity index (χ0n) is 35.2. The molecule has 2 heteroatoms. The van der Waals surface area contributed by atoms with Crippen LogP contribution >= 0.6 is 0 Å². The van der Waals surface area contributed by atoms with E-state index in [1.165, 1.54) is 157 Å². The minimum absolute atomic E-state index is 0.0733. The number of hydrogen-bond donors (Lipinski definition) is 0. The molecule has 6 aromatic rings. The first-order valence-electron chi connectivity index (χ1n) is 22.2. The van der Waals surface area contributed by atoms with Crippen molar-refractivity contribution in [2.45, 2.75) is 123 Å². The molecule has 0 heterocycles. The van der Waals surface area contributed by atoms with Gasteiger partial charge in [0.25, 0.3) is 0 Å². The maximum atomic E-state index is 2.59. The zero-order valence-corrected chi connectivity index (χ0v) is 35.2. The maximum Gasteiger partial charge on any atom is 0.0465 e.